The van der Waals surface area contributed by atoms with Crippen LogP contribution in [0, 0.1) is 6.92 Å². The first kappa shape index (κ1) is 17.0. The van der Waals surface area contributed by atoms with Gasteiger partial charge < -0.3 is 10.6 Å². The molecule has 1 heterocycles. The number of thioether (sulfide) groups is 1. The molecule has 1 fully saturated rings. The van der Waals surface area contributed by atoms with Crippen LogP contribution in [0.1, 0.15) is 5.56 Å². The quantitative estimate of drug-likeness (QED) is 0.891. The van der Waals surface area contributed by atoms with Crippen LogP contribution in [-0.2, 0) is 9.59 Å². The van der Waals surface area contributed by atoms with Crippen LogP contribution in [0.15, 0.2) is 54.6 Å². The van der Waals surface area contributed by atoms with Crippen LogP contribution < -0.4 is 15.5 Å². The minimum Gasteiger partial charge on any atom is -0.368 e. The Kier molecular flexibility index (Phi) is 4.76. The number of nitrogens with two attached hydrogens (primary N) is 1. The SMILES string of the molecule is Cc1cccc(N2C(=O)S[C@H](N(CC(N)=O)c3ccccc3)C2=O)c1. The molecule has 3 rings (SSSR count). The Morgan fingerprint density at radius 1 is 1.16 bits per heavy atom. The first-order chi connectivity index (χ1) is 12.0. The molecule has 0 aliphatic carbocycles. The van der Waals surface area contributed by atoms with Crippen molar-refractivity contribution in [1.29, 1.82) is 0 Å². The maximum atomic E-state index is 12.9. The molecule has 1 saturated heterocycles. The van der Waals surface area contributed by atoms with Crippen molar-refractivity contribution in [3.8, 4) is 0 Å². The average Bonchev–Trinajstić information content (AvgIpc) is 2.87. The maximum absolute atomic E-state index is 12.9. The maximum Gasteiger partial charge on any atom is 0.295 e. The molecule has 25 heavy (non-hydrogen) atoms. The lowest BCUT2D eigenvalue weighted by Crippen LogP contribution is -2.45. The number of nitrogens with zero attached hydrogens (tertiary/aromatic N) is 2. The molecule has 1 atom stereocenters. The fourth-order valence-corrected chi connectivity index (χ4v) is 3.71. The van der Waals surface area contributed by atoms with Crippen LogP contribution in [0.2, 0.25) is 0 Å². The number of aryl methyl sites for hydroxylation is 1. The zero-order chi connectivity index (χ0) is 18.0. The van der Waals surface area contributed by atoms with Gasteiger partial charge in [0.2, 0.25) is 5.91 Å². The van der Waals surface area contributed by atoms with Gasteiger partial charge in [-0.05, 0) is 48.5 Å². The summed E-state index contributed by atoms with van der Waals surface area (Å²) in [6.07, 6.45) is 0. The van der Waals surface area contributed by atoms with Gasteiger partial charge in [0.25, 0.3) is 11.1 Å². The van der Waals surface area contributed by atoms with Gasteiger partial charge in [-0.15, -0.1) is 0 Å². The van der Waals surface area contributed by atoms with E-state index in [-0.39, 0.29) is 17.7 Å². The van der Waals surface area contributed by atoms with Crippen molar-refractivity contribution in [3.63, 3.8) is 0 Å². The molecule has 128 valence electrons. The van der Waals surface area contributed by atoms with Gasteiger partial charge in [-0.2, -0.15) is 0 Å². The summed E-state index contributed by atoms with van der Waals surface area (Å²) in [4.78, 5) is 39.6. The Bertz CT molecular complexity index is 825. The van der Waals surface area contributed by atoms with Crippen LogP contribution in [0.4, 0.5) is 16.2 Å². The van der Waals surface area contributed by atoms with Crippen LogP contribution in [0.25, 0.3) is 0 Å². The lowest BCUT2D eigenvalue weighted by atomic mass is 10.2. The van der Waals surface area contributed by atoms with E-state index >= 15 is 0 Å². The van der Waals surface area contributed by atoms with Gasteiger partial charge in [0.05, 0.1) is 12.2 Å². The number of amides is 3. The highest BCUT2D eigenvalue weighted by Gasteiger charge is 2.44. The van der Waals surface area contributed by atoms with E-state index in [1.165, 1.54) is 0 Å². The van der Waals surface area contributed by atoms with E-state index in [1.54, 1.807) is 47.4 Å². The number of hydrogen-bond acceptors (Lipinski definition) is 5. The molecular weight excluding hydrogens is 338 g/mol. The third-order valence-electron chi connectivity index (χ3n) is 3.78. The number of rotatable bonds is 5. The molecule has 7 heteroatoms. The van der Waals surface area contributed by atoms with E-state index < -0.39 is 11.3 Å². The van der Waals surface area contributed by atoms with E-state index in [2.05, 4.69) is 0 Å². The van der Waals surface area contributed by atoms with Crippen LogP contribution >= 0.6 is 11.8 Å². The zero-order valence-corrected chi connectivity index (χ0v) is 14.4. The zero-order valence-electron chi connectivity index (χ0n) is 13.6. The molecule has 6 nitrogen and oxygen atoms in total. The largest absolute Gasteiger partial charge is 0.368 e. The number of imide groups is 1. The van der Waals surface area contributed by atoms with E-state index in [1.807, 2.05) is 19.1 Å². The highest BCUT2D eigenvalue weighted by Crippen LogP contribution is 2.35. The Balaban J connectivity index is 1.94. The summed E-state index contributed by atoms with van der Waals surface area (Å²) in [6, 6.07) is 16.2. The molecule has 0 bridgehead atoms. The van der Waals surface area contributed by atoms with E-state index in [4.69, 9.17) is 5.73 Å². The third kappa shape index (κ3) is 3.51. The molecule has 0 radical (unpaired) electrons. The number of anilines is 2. The summed E-state index contributed by atoms with van der Waals surface area (Å²) in [6.45, 7) is 1.74. The molecule has 3 amide bonds. The van der Waals surface area contributed by atoms with Crippen molar-refractivity contribution in [2.45, 2.75) is 12.3 Å². The first-order valence-electron chi connectivity index (χ1n) is 7.68. The predicted octanol–water partition coefficient (Wildman–Crippen LogP) is 2.51. The van der Waals surface area contributed by atoms with Crippen molar-refractivity contribution in [2.24, 2.45) is 5.73 Å². The van der Waals surface area contributed by atoms with Crippen molar-refractivity contribution >= 4 is 40.2 Å². The fraction of sp³-hybridized carbons (Fsp3) is 0.167. The van der Waals surface area contributed by atoms with Crippen molar-refractivity contribution in [2.75, 3.05) is 16.3 Å². The van der Waals surface area contributed by atoms with Crippen LogP contribution in [-0.4, -0.2) is 29.0 Å². The molecule has 1 aliphatic heterocycles. The highest BCUT2D eigenvalue weighted by atomic mass is 32.2. The topological polar surface area (TPSA) is 83.7 Å². The summed E-state index contributed by atoms with van der Waals surface area (Å²) in [7, 11) is 0. The molecule has 2 aromatic carbocycles. The van der Waals surface area contributed by atoms with Crippen molar-refractivity contribution < 1.29 is 14.4 Å². The molecule has 0 spiro atoms. The van der Waals surface area contributed by atoms with Gasteiger partial charge in [0.1, 0.15) is 0 Å². The average molecular weight is 355 g/mol. The summed E-state index contributed by atoms with van der Waals surface area (Å²) in [5.74, 6) is -0.954. The summed E-state index contributed by atoms with van der Waals surface area (Å²) in [5.41, 5.74) is 7.48. The van der Waals surface area contributed by atoms with E-state index in [9.17, 15) is 14.4 Å². The lowest BCUT2D eigenvalue weighted by Gasteiger charge is -2.27. The Morgan fingerprint density at radius 2 is 1.88 bits per heavy atom. The smallest absolute Gasteiger partial charge is 0.295 e. The minimum atomic E-state index is -0.831. The fourth-order valence-electron chi connectivity index (χ4n) is 2.69. The number of hydrogen-bond donors (Lipinski definition) is 1. The minimum absolute atomic E-state index is 0.150. The van der Waals surface area contributed by atoms with Gasteiger partial charge in [0, 0.05) is 5.69 Å². The standard InChI is InChI=1S/C18H17N3O3S/c1-12-6-5-9-14(10-12)21-16(23)17(25-18(21)24)20(11-15(19)22)13-7-3-2-4-8-13/h2-10,17H,11H2,1H3,(H2,19,22)/t17-/m0/s1. The number of benzene rings is 2. The molecule has 2 aromatic rings. The van der Waals surface area contributed by atoms with Gasteiger partial charge >= 0.3 is 0 Å². The van der Waals surface area contributed by atoms with Gasteiger partial charge in [0.15, 0.2) is 5.37 Å². The molecule has 0 saturated carbocycles. The summed E-state index contributed by atoms with van der Waals surface area (Å²) >= 11 is 0.883. The molecule has 2 N–H and O–H groups in total. The van der Waals surface area contributed by atoms with Crippen molar-refractivity contribution in [3.05, 3.63) is 60.2 Å². The highest BCUT2D eigenvalue weighted by molar-refractivity contribution is 8.16. The molecular formula is C18H17N3O3S. The van der Waals surface area contributed by atoms with Gasteiger partial charge in [-0.1, -0.05) is 30.3 Å². The predicted molar refractivity (Wildman–Crippen MR) is 98.4 cm³/mol. The molecule has 1 aliphatic rings. The molecule has 0 unspecified atom stereocenters. The summed E-state index contributed by atoms with van der Waals surface area (Å²) in [5, 5.41) is -1.20. The molecule has 0 aromatic heterocycles. The lowest BCUT2D eigenvalue weighted by molar-refractivity contribution is -0.117. The monoisotopic (exact) mass is 355 g/mol. The summed E-state index contributed by atoms with van der Waals surface area (Å²) < 4.78 is 0. The van der Waals surface area contributed by atoms with E-state index in [0.717, 1.165) is 22.2 Å². The van der Waals surface area contributed by atoms with Gasteiger partial charge in [-0.25, -0.2) is 4.90 Å². The number of carbonyl (C=O) groups excluding carboxylic acids is 3. The second-order valence-corrected chi connectivity index (χ2v) is 6.71. The Hall–Kier alpha value is -2.80. The van der Waals surface area contributed by atoms with E-state index in [0.29, 0.717) is 11.4 Å². The number of carbonyl (C=O) groups is 3. The number of primary amides is 1. The first-order valence-corrected chi connectivity index (χ1v) is 8.56. The van der Waals surface area contributed by atoms with Crippen LogP contribution in [0.5, 0.6) is 0 Å². The van der Waals surface area contributed by atoms with Crippen molar-refractivity contribution in [1.82, 2.24) is 0 Å². The second kappa shape index (κ2) is 6.98. The number of para-hydroxylation sites is 1. The van der Waals surface area contributed by atoms with Gasteiger partial charge in [-0.3, -0.25) is 14.4 Å². The second-order valence-electron chi connectivity index (χ2n) is 5.68. The van der Waals surface area contributed by atoms with Crippen LogP contribution in [0.3, 0.4) is 0 Å². The Morgan fingerprint density at radius 3 is 2.52 bits per heavy atom. The third-order valence-corrected chi connectivity index (χ3v) is 4.85. The Labute approximate surface area is 149 Å². The normalized spacial score (nSPS) is 17.0.